The number of nitrogens with two attached hydrogens (primary N) is 2. The highest BCUT2D eigenvalue weighted by molar-refractivity contribution is 6.30. The maximum absolute atomic E-state index is 6.27. The molecular weight excluding hydrogens is 400 g/mol. The summed E-state index contributed by atoms with van der Waals surface area (Å²) in [5.41, 5.74) is 9.06. The number of aromatic nitrogens is 2. The maximum atomic E-state index is 6.27. The number of nitrogens with one attached hydrogen (secondary N) is 1. The van der Waals surface area contributed by atoms with E-state index in [1.807, 2.05) is 58.2 Å². The number of anilines is 1. The zero-order valence-corrected chi connectivity index (χ0v) is 18.4. The van der Waals surface area contributed by atoms with Gasteiger partial charge in [-0.2, -0.15) is 5.10 Å². The van der Waals surface area contributed by atoms with Crippen molar-refractivity contribution in [2.45, 2.75) is 27.4 Å². The predicted molar refractivity (Wildman–Crippen MR) is 122 cm³/mol. The number of halogens is 1. The van der Waals surface area contributed by atoms with Crippen molar-refractivity contribution in [1.82, 2.24) is 15.2 Å². The summed E-state index contributed by atoms with van der Waals surface area (Å²) in [6.07, 6.45) is 0. The van der Waals surface area contributed by atoms with Crippen molar-refractivity contribution in [3.8, 4) is 17.0 Å². The minimum absolute atomic E-state index is 0.349. The number of ether oxygens (including phenoxy) is 1. The average molecular weight is 427 g/mol. The van der Waals surface area contributed by atoms with Gasteiger partial charge in [-0.3, -0.25) is 9.69 Å². The van der Waals surface area contributed by atoms with Crippen LogP contribution in [-0.4, -0.2) is 9.78 Å². The van der Waals surface area contributed by atoms with Gasteiger partial charge in [0.05, 0.1) is 11.4 Å². The number of benzene rings is 2. The minimum Gasteiger partial charge on any atom is -0.489 e. The lowest BCUT2D eigenvalue weighted by molar-refractivity contribution is 0.303. The molecule has 3 rings (SSSR count). The van der Waals surface area contributed by atoms with Crippen molar-refractivity contribution < 1.29 is 4.74 Å². The Labute approximate surface area is 181 Å². The largest absolute Gasteiger partial charge is 0.489 e. The van der Waals surface area contributed by atoms with E-state index in [1.54, 1.807) is 4.68 Å². The SMILES string of the molecule is C=C(NN)N(N)c1cccc(C)c1COc1ccc(-c2nn(C)c(Cl)c2C)cc1C. The van der Waals surface area contributed by atoms with Crippen LogP contribution in [0.5, 0.6) is 5.75 Å². The Bertz CT molecular complexity index is 1090. The van der Waals surface area contributed by atoms with Gasteiger partial charge in [-0.05, 0) is 56.2 Å². The van der Waals surface area contributed by atoms with Crippen LogP contribution in [0.4, 0.5) is 5.69 Å². The first-order chi connectivity index (χ1) is 14.2. The van der Waals surface area contributed by atoms with Gasteiger partial charge in [-0.1, -0.05) is 30.3 Å². The highest BCUT2D eigenvalue weighted by Crippen LogP contribution is 2.32. The molecule has 0 aliphatic rings. The summed E-state index contributed by atoms with van der Waals surface area (Å²) in [4.78, 5) is 0. The second-order valence-electron chi connectivity index (χ2n) is 7.19. The number of aryl methyl sites for hydroxylation is 3. The zero-order valence-electron chi connectivity index (χ0n) is 17.7. The quantitative estimate of drug-likeness (QED) is 0.392. The molecule has 7 nitrogen and oxygen atoms in total. The molecular formula is C22H27ClN6O. The molecule has 0 radical (unpaired) electrons. The summed E-state index contributed by atoms with van der Waals surface area (Å²) in [6, 6.07) is 11.8. The molecule has 0 saturated carbocycles. The molecule has 0 bridgehead atoms. The van der Waals surface area contributed by atoms with Crippen LogP contribution < -0.4 is 26.9 Å². The van der Waals surface area contributed by atoms with E-state index in [1.165, 1.54) is 5.01 Å². The third-order valence-electron chi connectivity index (χ3n) is 5.12. The molecule has 8 heteroatoms. The molecule has 0 aliphatic heterocycles. The van der Waals surface area contributed by atoms with E-state index in [2.05, 4.69) is 23.2 Å². The minimum atomic E-state index is 0.349. The highest BCUT2D eigenvalue weighted by Gasteiger charge is 2.15. The Morgan fingerprint density at radius 3 is 2.57 bits per heavy atom. The van der Waals surface area contributed by atoms with E-state index < -0.39 is 0 Å². The van der Waals surface area contributed by atoms with Gasteiger partial charge in [0.15, 0.2) is 0 Å². The average Bonchev–Trinajstić information content (AvgIpc) is 2.99. The second kappa shape index (κ2) is 8.79. The summed E-state index contributed by atoms with van der Waals surface area (Å²) in [7, 11) is 1.83. The van der Waals surface area contributed by atoms with E-state index in [0.29, 0.717) is 17.6 Å². The number of hydrazine groups is 2. The number of rotatable bonds is 7. The predicted octanol–water partition coefficient (Wildman–Crippen LogP) is 3.86. The first-order valence-corrected chi connectivity index (χ1v) is 9.84. The van der Waals surface area contributed by atoms with Gasteiger partial charge < -0.3 is 10.2 Å². The first kappa shape index (κ1) is 21.7. The van der Waals surface area contributed by atoms with Crippen LogP contribution >= 0.6 is 11.6 Å². The van der Waals surface area contributed by atoms with Gasteiger partial charge in [-0.15, -0.1) is 0 Å². The monoisotopic (exact) mass is 426 g/mol. The van der Waals surface area contributed by atoms with Crippen molar-refractivity contribution in [2.75, 3.05) is 5.01 Å². The fourth-order valence-electron chi connectivity index (χ4n) is 3.31. The molecule has 0 amide bonds. The highest BCUT2D eigenvalue weighted by atomic mass is 35.5. The Hall–Kier alpha value is -3.00. The van der Waals surface area contributed by atoms with Crippen LogP contribution in [-0.2, 0) is 13.7 Å². The standard InChI is InChI=1S/C22H27ClN6O/c1-13-7-6-8-19(29(25)16(4)26-24)18(13)12-30-20-10-9-17(11-14(20)2)21-15(3)22(23)28(5)27-21/h6-11,26H,4,12,24-25H2,1-3,5H3. The van der Waals surface area contributed by atoms with Gasteiger partial charge >= 0.3 is 0 Å². The van der Waals surface area contributed by atoms with Crippen molar-refractivity contribution in [2.24, 2.45) is 18.7 Å². The molecule has 158 valence electrons. The third kappa shape index (κ3) is 4.14. The summed E-state index contributed by atoms with van der Waals surface area (Å²) < 4.78 is 7.82. The van der Waals surface area contributed by atoms with Gasteiger partial charge in [-0.25, -0.2) is 11.7 Å². The molecule has 0 aliphatic carbocycles. The van der Waals surface area contributed by atoms with Crippen LogP contribution in [0, 0.1) is 20.8 Å². The fraction of sp³-hybridized carbons (Fsp3) is 0.227. The lowest BCUT2D eigenvalue weighted by atomic mass is 10.1. The van der Waals surface area contributed by atoms with Gasteiger partial charge in [0.25, 0.3) is 0 Å². The van der Waals surface area contributed by atoms with E-state index in [-0.39, 0.29) is 0 Å². The molecule has 0 unspecified atom stereocenters. The summed E-state index contributed by atoms with van der Waals surface area (Å²) >= 11 is 6.27. The van der Waals surface area contributed by atoms with Crippen LogP contribution in [0.15, 0.2) is 48.8 Å². The molecule has 0 spiro atoms. The van der Waals surface area contributed by atoms with Crippen molar-refractivity contribution in [3.63, 3.8) is 0 Å². The third-order valence-corrected chi connectivity index (χ3v) is 5.65. The van der Waals surface area contributed by atoms with Crippen LogP contribution in [0.3, 0.4) is 0 Å². The normalized spacial score (nSPS) is 10.8. The van der Waals surface area contributed by atoms with Crippen molar-refractivity contribution in [1.29, 1.82) is 0 Å². The fourth-order valence-corrected chi connectivity index (χ4v) is 3.43. The summed E-state index contributed by atoms with van der Waals surface area (Å²) in [5, 5.41) is 6.56. The van der Waals surface area contributed by atoms with Crippen LogP contribution in [0.25, 0.3) is 11.3 Å². The van der Waals surface area contributed by atoms with Gasteiger partial charge in [0, 0.05) is 23.7 Å². The summed E-state index contributed by atoms with van der Waals surface area (Å²) in [6.45, 7) is 10.1. The summed E-state index contributed by atoms with van der Waals surface area (Å²) in [5.74, 6) is 12.8. The topological polar surface area (TPSA) is 94.4 Å². The first-order valence-electron chi connectivity index (χ1n) is 9.46. The lowest BCUT2D eigenvalue weighted by Crippen LogP contribution is -2.40. The molecule has 1 heterocycles. The molecule has 30 heavy (non-hydrogen) atoms. The van der Waals surface area contributed by atoms with Crippen LogP contribution in [0.1, 0.15) is 22.3 Å². The Morgan fingerprint density at radius 2 is 1.97 bits per heavy atom. The Balaban J connectivity index is 1.85. The number of nitrogens with zero attached hydrogens (tertiary/aromatic N) is 3. The molecule has 0 fully saturated rings. The second-order valence-corrected chi connectivity index (χ2v) is 7.55. The number of hydrogen-bond donors (Lipinski definition) is 3. The Kier molecular flexibility index (Phi) is 6.36. The zero-order chi connectivity index (χ0) is 22.0. The Morgan fingerprint density at radius 1 is 1.23 bits per heavy atom. The van der Waals surface area contributed by atoms with E-state index in [0.717, 1.165) is 44.9 Å². The smallest absolute Gasteiger partial charge is 0.130 e. The van der Waals surface area contributed by atoms with Crippen LogP contribution in [0.2, 0.25) is 5.15 Å². The van der Waals surface area contributed by atoms with Crippen molar-refractivity contribution >= 4 is 17.3 Å². The van der Waals surface area contributed by atoms with Crippen molar-refractivity contribution in [3.05, 3.63) is 76.2 Å². The maximum Gasteiger partial charge on any atom is 0.130 e. The van der Waals surface area contributed by atoms with E-state index in [4.69, 9.17) is 28.0 Å². The molecule has 5 N–H and O–H groups in total. The number of hydrogen-bond acceptors (Lipinski definition) is 6. The van der Waals surface area contributed by atoms with Gasteiger partial charge in [0.2, 0.25) is 0 Å². The lowest BCUT2D eigenvalue weighted by Gasteiger charge is -2.24. The van der Waals surface area contributed by atoms with E-state index >= 15 is 0 Å². The molecule has 1 aromatic heterocycles. The van der Waals surface area contributed by atoms with Gasteiger partial charge in [0.1, 0.15) is 23.3 Å². The molecule has 0 atom stereocenters. The molecule has 3 aromatic rings. The molecule has 0 saturated heterocycles. The molecule has 2 aromatic carbocycles. The van der Waals surface area contributed by atoms with E-state index in [9.17, 15) is 0 Å².